The predicted molar refractivity (Wildman–Crippen MR) is 80.6 cm³/mol. The number of hydrogen-bond donors (Lipinski definition) is 1. The Bertz CT molecular complexity index is 533. The molecule has 0 aliphatic rings. The lowest BCUT2D eigenvalue weighted by Crippen LogP contribution is -2.17. The van der Waals surface area contributed by atoms with Crippen LogP contribution in [0, 0.1) is 0 Å². The maximum absolute atomic E-state index is 5.95. The molecule has 1 heterocycles. The average molecular weight is 282 g/mol. The van der Waals surface area contributed by atoms with Gasteiger partial charge >= 0.3 is 0 Å². The van der Waals surface area contributed by atoms with E-state index in [4.69, 9.17) is 11.6 Å². The average Bonchev–Trinajstić information content (AvgIpc) is 2.36. The zero-order valence-electron chi connectivity index (χ0n) is 10.5. The SMILES string of the molecule is CSCCC(C)Nc1nc(Cl)nc2ccccc12. The van der Waals surface area contributed by atoms with Gasteiger partial charge in [0.05, 0.1) is 5.52 Å². The van der Waals surface area contributed by atoms with Gasteiger partial charge in [-0.15, -0.1) is 0 Å². The van der Waals surface area contributed by atoms with E-state index in [1.54, 1.807) is 0 Å². The number of nitrogens with one attached hydrogen (secondary N) is 1. The van der Waals surface area contributed by atoms with Gasteiger partial charge in [0.25, 0.3) is 0 Å². The lowest BCUT2D eigenvalue weighted by Gasteiger charge is -2.15. The van der Waals surface area contributed by atoms with Gasteiger partial charge in [-0.2, -0.15) is 11.8 Å². The van der Waals surface area contributed by atoms with Gasteiger partial charge in [-0.05, 0) is 49.1 Å². The molecule has 0 amide bonds. The van der Waals surface area contributed by atoms with Crippen LogP contribution in [-0.2, 0) is 0 Å². The van der Waals surface area contributed by atoms with Crippen molar-refractivity contribution in [1.29, 1.82) is 0 Å². The molecule has 1 aromatic heterocycles. The molecular weight excluding hydrogens is 266 g/mol. The van der Waals surface area contributed by atoms with Crippen LogP contribution < -0.4 is 5.32 Å². The molecule has 18 heavy (non-hydrogen) atoms. The normalized spacial score (nSPS) is 12.6. The molecule has 0 radical (unpaired) electrons. The van der Waals surface area contributed by atoms with Gasteiger partial charge in [0.15, 0.2) is 0 Å². The molecule has 1 unspecified atom stereocenters. The van der Waals surface area contributed by atoms with E-state index in [0.717, 1.165) is 28.9 Å². The van der Waals surface area contributed by atoms with Crippen LogP contribution >= 0.6 is 23.4 Å². The number of nitrogens with zero attached hydrogens (tertiary/aromatic N) is 2. The first kappa shape index (κ1) is 13.4. The number of hydrogen-bond acceptors (Lipinski definition) is 4. The van der Waals surface area contributed by atoms with Crippen LogP contribution in [0.2, 0.25) is 5.28 Å². The van der Waals surface area contributed by atoms with E-state index in [2.05, 4.69) is 28.5 Å². The minimum atomic E-state index is 0.285. The van der Waals surface area contributed by atoms with Crippen molar-refractivity contribution in [2.45, 2.75) is 19.4 Å². The quantitative estimate of drug-likeness (QED) is 0.845. The minimum Gasteiger partial charge on any atom is -0.367 e. The van der Waals surface area contributed by atoms with Crippen molar-refractivity contribution in [2.75, 3.05) is 17.3 Å². The fourth-order valence-electron chi connectivity index (χ4n) is 1.76. The molecule has 96 valence electrons. The van der Waals surface area contributed by atoms with Crippen LogP contribution in [-0.4, -0.2) is 28.0 Å². The molecule has 0 bridgehead atoms. The number of rotatable bonds is 5. The highest BCUT2D eigenvalue weighted by Gasteiger charge is 2.08. The van der Waals surface area contributed by atoms with Crippen LogP contribution in [0.25, 0.3) is 10.9 Å². The summed E-state index contributed by atoms with van der Waals surface area (Å²) >= 11 is 7.79. The summed E-state index contributed by atoms with van der Waals surface area (Å²) in [5.41, 5.74) is 0.872. The Morgan fingerprint density at radius 2 is 2.11 bits per heavy atom. The fraction of sp³-hybridized carbons (Fsp3) is 0.385. The molecule has 3 nitrogen and oxygen atoms in total. The summed E-state index contributed by atoms with van der Waals surface area (Å²) in [7, 11) is 0. The van der Waals surface area contributed by atoms with Crippen LogP contribution in [0.15, 0.2) is 24.3 Å². The number of para-hydroxylation sites is 1. The minimum absolute atomic E-state index is 0.285. The predicted octanol–water partition coefficient (Wildman–Crippen LogP) is 3.84. The largest absolute Gasteiger partial charge is 0.367 e. The molecule has 0 saturated heterocycles. The van der Waals surface area contributed by atoms with Crippen molar-refractivity contribution in [2.24, 2.45) is 0 Å². The van der Waals surface area contributed by atoms with E-state index >= 15 is 0 Å². The molecule has 5 heteroatoms. The number of benzene rings is 1. The second kappa shape index (κ2) is 6.25. The Kier molecular flexibility index (Phi) is 4.66. The van der Waals surface area contributed by atoms with E-state index < -0.39 is 0 Å². The van der Waals surface area contributed by atoms with Crippen molar-refractivity contribution in [3.05, 3.63) is 29.5 Å². The summed E-state index contributed by atoms with van der Waals surface area (Å²) in [6.07, 6.45) is 3.21. The van der Waals surface area contributed by atoms with Gasteiger partial charge in [0, 0.05) is 11.4 Å². The third-order valence-electron chi connectivity index (χ3n) is 2.71. The van der Waals surface area contributed by atoms with Gasteiger partial charge in [-0.3, -0.25) is 0 Å². The van der Waals surface area contributed by atoms with Crippen LogP contribution in [0.4, 0.5) is 5.82 Å². The Labute approximate surface area is 116 Å². The zero-order valence-corrected chi connectivity index (χ0v) is 12.1. The Morgan fingerprint density at radius 1 is 1.33 bits per heavy atom. The van der Waals surface area contributed by atoms with Gasteiger partial charge in [-0.1, -0.05) is 12.1 Å². The highest BCUT2D eigenvalue weighted by atomic mass is 35.5. The number of aromatic nitrogens is 2. The number of anilines is 1. The third-order valence-corrected chi connectivity index (χ3v) is 3.53. The summed E-state index contributed by atoms with van der Waals surface area (Å²) in [5.74, 6) is 1.95. The Balaban J connectivity index is 2.26. The Hall–Kier alpha value is -1.00. The monoisotopic (exact) mass is 281 g/mol. The standard InChI is InChI=1S/C13H16ClN3S/c1-9(7-8-18-2)15-12-10-5-3-4-6-11(10)16-13(14)17-12/h3-6,9H,7-8H2,1-2H3,(H,15,16,17). The molecule has 0 spiro atoms. The maximum Gasteiger partial charge on any atom is 0.224 e. The molecule has 0 saturated carbocycles. The lowest BCUT2D eigenvalue weighted by molar-refractivity contribution is 0.768. The first-order valence-corrected chi connectivity index (χ1v) is 7.65. The zero-order chi connectivity index (χ0) is 13.0. The number of halogens is 1. The summed E-state index contributed by atoms with van der Waals surface area (Å²) in [5, 5.41) is 4.71. The molecule has 0 aliphatic heterocycles. The van der Waals surface area contributed by atoms with E-state index in [-0.39, 0.29) is 5.28 Å². The molecule has 1 N–H and O–H groups in total. The molecule has 1 aromatic carbocycles. The molecule has 1 atom stereocenters. The van der Waals surface area contributed by atoms with E-state index in [0.29, 0.717) is 6.04 Å². The highest BCUT2D eigenvalue weighted by Crippen LogP contribution is 2.22. The van der Waals surface area contributed by atoms with Gasteiger partial charge in [0.1, 0.15) is 5.82 Å². The van der Waals surface area contributed by atoms with E-state index in [1.165, 1.54) is 0 Å². The first-order valence-electron chi connectivity index (χ1n) is 5.88. The number of thioether (sulfide) groups is 1. The summed E-state index contributed by atoms with van der Waals surface area (Å²) < 4.78 is 0. The van der Waals surface area contributed by atoms with Crippen molar-refractivity contribution in [1.82, 2.24) is 9.97 Å². The maximum atomic E-state index is 5.95. The van der Waals surface area contributed by atoms with Gasteiger partial charge < -0.3 is 5.32 Å². The fourth-order valence-corrected chi connectivity index (χ4v) is 2.52. The summed E-state index contributed by atoms with van der Waals surface area (Å²) in [6, 6.07) is 8.26. The molecule has 0 aliphatic carbocycles. The lowest BCUT2D eigenvalue weighted by atomic mass is 10.2. The topological polar surface area (TPSA) is 37.8 Å². The highest BCUT2D eigenvalue weighted by molar-refractivity contribution is 7.98. The van der Waals surface area contributed by atoms with Crippen molar-refractivity contribution in [3.8, 4) is 0 Å². The molecule has 0 fully saturated rings. The second-order valence-electron chi connectivity index (χ2n) is 4.19. The summed E-state index contributed by atoms with van der Waals surface area (Å²) in [4.78, 5) is 8.50. The van der Waals surface area contributed by atoms with E-state index in [9.17, 15) is 0 Å². The first-order chi connectivity index (χ1) is 8.70. The number of fused-ring (bicyclic) bond motifs is 1. The van der Waals surface area contributed by atoms with Gasteiger partial charge in [-0.25, -0.2) is 9.97 Å². The molecule has 2 rings (SSSR count). The van der Waals surface area contributed by atoms with Crippen molar-refractivity contribution in [3.63, 3.8) is 0 Å². The van der Waals surface area contributed by atoms with Crippen molar-refractivity contribution >= 4 is 40.1 Å². The summed E-state index contributed by atoms with van der Waals surface area (Å²) in [6.45, 7) is 2.15. The molecule has 2 aromatic rings. The van der Waals surface area contributed by atoms with Crippen molar-refractivity contribution < 1.29 is 0 Å². The third kappa shape index (κ3) is 3.27. The smallest absolute Gasteiger partial charge is 0.224 e. The Morgan fingerprint density at radius 3 is 2.89 bits per heavy atom. The van der Waals surface area contributed by atoms with Crippen LogP contribution in [0.1, 0.15) is 13.3 Å². The van der Waals surface area contributed by atoms with Crippen LogP contribution in [0.3, 0.4) is 0 Å². The van der Waals surface area contributed by atoms with Crippen LogP contribution in [0.5, 0.6) is 0 Å². The van der Waals surface area contributed by atoms with E-state index in [1.807, 2.05) is 36.0 Å². The molecular formula is C13H16ClN3S. The van der Waals surface area contributed by atoms with Gasteiger partial charge in [0.2, 0.25) is 5.28 Å². The second-order valence-corrected chi connectivity index (χ2v) is 5.51.